The van der Waals surface area contributed by atoms with E-state index in [1.165, 1.54) is 41.3 Å². The third-order valence-corrected chi connectivity index (χ3v) is 10.6. The molecule has 2 fully saturated rings. The first-order chi connectivity index (χ1) is 21.5. The van der Waals surface area contributed by atoms with Gasteiger partial charge in [0.05, 0.1) is 11.5 Å². The Morgan fingerprint density at radius 2 is 1.54 bits per heavy atom. The topological polar surface area (TPSA) is 114 Å². The number of alkyl halides is 2. The molecule has 0 spiro atoms. The fourth-order valence-electron chi connectivity index (χ4n) is 6.07. The quantitative estimate of drug-likeness (QED) is 0.250. The number of alkyl carbamates (subject to hydrolysis) is 1. The Morgan fingerprint density at radius 1 is 0.978 bits per heavy atom. The van der Waals surface area contributed by atoms with Gasteiger partial charge in [-0.25, -0.2) is 13.2 Å². The number of carbonyl (C=O) groups excluding carboxylic acids is 2. The molecule has 13 heteroatoms. The number of sulfonamides is 1. The summed E-state index contributed by atoms with van der Waals surface area (Å²) >= 11 is 3.23. The summed E-state index contributed by atoms with van der Waals surface area (Å²) in [6.07, 6.45) is 3.06. The molecule has 2 amide bonds. The Bertz CT molecular complexity index is 1450. The van der Waals surface area contributed by atoms with Gasteiger partial charge in [0.25, 0.3) is 5.92 Å². The molecule has 2 aromatic carbocycles. The normalized spacial score (nSPS) is 20.8. The number of nitrogens with one attached hydrogen (secondary N) is 2. The van der Waals surface area contributed by atoms with E-state index in [0.717, 1.165) is 25.0 Å². The van der Waals surface area contributed by atoms with E-state index in [-0.39, 0.29) is 10.9 Å². The van der Waals surface area contributed by atoms with E-state index < -0.39 is 57.2 Å². The summed E-state index contributed by atoms with van der Waals surface area (Å²) in [6, 6.07) is 7.03. The summed E-state index contributed by atoms with van der Waals surface area (Å²) in [5.41, 5.74) is -1.20. The summed E-state index contributed by atoms with van der Waals surface area (Å²) in [7, 11) is -4.57. The lowest BCUT2D eigenvalue weighted by molar-refractivity contribution is -0.149. The Labute approximate surface area is 279 Å². The number of amides is 2. The maximum atomic E-state index is 16.3. The molecule has 4 rings (SSSR count). The first-order valence-electron chi connectivity index (χ1n) is 15.7. The van der Waals surface area contributed by atoms with Crippen LogP contribution in [-0.4, -0.2) is 61.7 Å². The molecule has 2 aliphatic heterocycles. The number of hydrogen-bond acceptors (Lipinski definition) is 6. The summed E-state index contributed by atoms with van der Waals surface area (Å²) < 4.78 is 73.6. The van der Waals surface area contributed by atoms with Crippen molar-refractivity contribution in [2.75, 3.05) is 6.61 Å². The molecule has 254 valence electrons. The molecule has 2 aliphatic rings. The van der Waals surface area contributed by atoms with Gasteiger partial charge in [-0.3, -0.25) is 4.79 Å². The Kier molecular flexibility index (Phi) is 11.4. The van der Waals surface area contributed by atoms with Crippen LogP contribution in [0.3, 0.4) is 0 Å². The molecule has 2 heterocycles. The van der Waals surface area contributed by atoms with Crippen molar-refractivity contribution < 1.29 is 36.3 Å². The van der Waals surface area contributed by atoms with E-state index in [1.807, 2.05) is 0 Å². The van der Waals surface area contributed by atoms with E-state index in [2.05, 4.69) is 39.8 Å². The van der Waals surface area contributed by atoms with Crippen LogP contribution in [-0.2, 0) is 25.5 Å². The number of hydrogen-bond donors (Lipinski definition) is 2. The summed E-state index contributed by atoms with van der Waals surface area (Å²) in [5.74, 6) is -4.09. The van der Waals surface area contributed by atoms with Crippen LogP contribution in [0.1, 0.15) is 78.7 Å². The maximum Gasteiger partial charge on any atom is 0.407 e. The van der Waals surface area contributed by atoms with Gasteiger partial charge in [-0.2, -0.15) is 13.5 Å². The highest BCUT2D eigenvalue weighted by Crippen LogP contribution is 2.40. The van der Waals surface area contributed by atoms with Gasteiger partial charge < -0.3 is 19.7 Å². The third-order valence-electron chi connectivity index (χ3n) is 8.59. The summed E-state index contributed by atoms with van der Waals surface area (Å²) in [6.45, 7) is 9.86. The first-order valence-corrected chi connectivity index (χ1v) is 18.0. The largest absolute Gasteiger partial charge is 0.493 e. The van der Waals surface area contributed by atoms with Crippen LogP contribution >= 0.6 is 15.9 Å². The molecular formula is C33H44BrF2N3O6S. The molecule has 2 N–H and O–H groups in total. The van der Waals surface area contributed by atoms with Crippen LogP contribution in [0.5, 0.6) is 5.75 Å². The van der Waals surface area contributed by atoms with E-state index in [4.69, 9.17) is 9.47 Å². The molecule has 2 aromatic rings. The standard InChI is InChI=1S/C33H44BrF2N3O6S/c1-6-21(7-2)20-44-27-14-16-28(17-15-27)46(42,43)38-29(33(35,36)22-8-10-23(34)11-9-22)30(40)39-25-12-13-26(39)19-24(18-25)37-31(41)45-32(3,4)5/h8-11,14-17,21,24-26,29,38H,6-7,12-13,18-20H2,1-5H3,(H,37,41). The fourth-order valence-corrected chi connectivity index (χ4v) is 7.53. The highest BCUT2D eigenvalue weighted by atomic mass is 79.9. The van der Waals surface area contributed by atoms with Gasteiger partial charge in [0.2, 0.25) is 15.9 Å². The minimum atomic E-state index is -4.57. The lowest BCUT2D eigenvalue weighted by Gasteiger charge is -2.42. The Morgan fingerprint density at radius 3 is 2.07 bits per heavy atom. The molecule has 2 bridgehead atoms. The minimum Gasteiger partial charge on any atom is -0.493 e. The number of fused-ring (bicyclic) bond motifs is 2. The summed E-state index contributed by atoms with van der Waals surface area (Å²) in [4.78, 5) is 27.6. The molecular weight excluding hydrogens is 684 g/mol. The molecule has 3 atom stereocenters. The van der Waals surface area contributed by atoms with Crippen molar-refractivity contribution in [1.82, 2.24) is 14.9 Å². The Hall–Kier alpha value is -2.77. The van der Waals surface area contributed by atoms with Gasteiger partial charge in [-0.15, -0.1) is 0 Å². The van der Waals surface area contributed by atoms with Crippen LogP contribution in [0.4, 0.5) is 13.6 Å². The molecule has 46 heavy (non-hydrogen) atoms. The zero-order chi connectivity index (χ0) is 33.9. The third kappa shape index (κ3) is 8.77. The number of rotatable bonds is 12. The van der Waals surface area contributed by atoms with Crippen LogP contribution in [0.15, 0.2) is 57.9 Å². The van der Waals surface area contributed by atoms with E-state index in [9.17, 15) is 18.0 Å². The average Bonchev–Trinajstić information content (AvgIpc) is 3.25. The van der Waals surface area contributed by atoms with Crippen LogP contribution < -0.4 is 14.8 Å². The first kappa shape index (κ1) is 36.1. The van der Waals surface area contributed by atoms with Gasteiger partial charge in [-0.1, -0.05) is 54.8 Å². The van der Waals surface area contributed by atoms with Crippen molar-refractivity contribution in [2.24, 2.45) is 5.92 Å². The minimum absolute atomic E-state index is 0.268. The number of ether oxygens (including phenoxy) is 2. The number of halogens is 3. The van der Waals surface area contributed by atoms with Crippen molar-refractivity contribution in [1.29, 1.82) is 0 Å². The monoisotopic (exact) mass is 727 g/mol. The zero-order valence-corrected chi connectivity index (χ0v) is 29.3. The second-order valence-corrected chi connectivity index (χ2v) is 15.7. The molecule has 0 radical (unpaired) electrons. The average molecular weight is 729 g/mol. The lowest BCUT2D eigenvalue weighted by atomic mass is 9.94. The van der Waals surface area contributed by atoms with Crippen LogP contribution in [0, 0.1) is 5.92 Å². The smallest absolute Gasteiger partial charge is 0.407 e. The van der Waals surface area contributed by atoms with E-state index in [1.54, 1.807) is 20.8 Å². The molecule has 0 aliphatic carbocycles. The molecule has 0 saturated carbocycles. The number of nitrogens with zero attached hydrogens (tertiary/aromatic N) is 1. The number of piperidine rings is 1. The van der Waals surface area contributed by atoms with Gasteiger partial charge in [0.15, 0.2) is 6.04 Å². The molecule has 2 saturated heterocycles. The van der Waals surface area contributed by atoms with Crippen molar-refractivity contribution in [3.63, 3.8) is 0 Å². The fraction of sp³-hybridized carbons (Fsp3) is 0.576. The second-order valence-electron chi connectivity index (χ2n) is 13.1. The maximum absolute atomic E-state index is 16.3. The van der Waals surface area contributed by atoms with Crippen molar-refractivity contribution in [2.45, 2.75) is 114 Å². The van der Waals surface area contributed by atoms with Gasteiger partial charge in [-0.05, 0) is 88.8 Å². The van der Waals surface area contributed by atoms with Gasteiger partial charge in [0, 0.05) is 28.2 Å². The zero-order valence-electron chi connectivity index (χ0n) is 26.9. The lowest BCUT2D eigenvalue weighted by Crippen LogP contribution is -2.61. The SMILES string of the molecule is CCC(CC)COc1ccc(S(=O)(=O)NC(C(=O)N2C3CCC2CC(NC(=O)OC(C)(C)C)C3)C(F)(F)c2ccc(Br)cc2)cc1. The van der Waals surface area contributed by atoms with Crippen LogP contribution in [0.25, 0.3) is 0 Å². The predicted octanol–water partition coefficient (Wildman–Crippen LogP) is 6.75. The Balaban J connectivity index is 1.58. The van der Waals surface area contributed by atoms with Crippen LogP contribution in [0.2, 0.25) is 0 Å². The van der Waals surface area contributed by atoms with Gasteiger partial charge >= 0.3 is 6.09 Å². The number of carbonyl (C=O) groups is 2. The summed E-state index contributed by atoms with van der Waals surface area (Å²) in [5, 5.41) is 2.84. The molecule has 0 aromatic heterocycles. The van der Waals surface area contributed by atoms with Crippen molar-refractivity contribution in [3.05, 3.63) is 58.6 Å². The second kappa shape index (κ2) is 14.6. The van der Waals surface area contributed by atoms with Crippen molar-refractivity contribution >= 4 is 38.0 Å². The van der Waals surface area contributed by atoms with E-state index in [0.29, 0.717) is 48.4 Å². The molecule has 3 unspecified atom stereocenters. The highest BCUT2D eigenvalue weighted by molar-refractivity contribution is 9.10. The highest BCUT2D eigenvalue weighted by Gasteiger charge is 2.54. The molecule has 9 nitrogen and oxygen atoms in total. The van der Waals surface area contributed by atoms with Gasteiger partial charge in [0.1, 0.15) is 11.4 Å². The number of benzene rings is 2. The van der Waals surface area contributed by atoms with Crippen molar-refractivity contribution in [3.8, 4) is 5.75 Å². The van der Waals surface area contributed by atoms with E-state index >= 15 is 8.78 Å². The predicted molar refractivity (Wildman–Crippen MR) is 174 cm³/mol.